The maximum atomic E-state index is 11.4. The summed E-state index contributed by atoms with van der Waals surface area (Å²) < 4.78 is 4.45. The van der Waals surface area contributed by atoms with Crippen molar-refractivity contribution in [2.75, 3.05) is 14.2 Å². The van der Waals surface area contributed by atoms with Gasteiger partial charge in [0.2, 0.25) is 0 Å². The van der Waals surface area contributed by atoms with Crippen molar-refractivity contribution in [2.45, 2.75) is 0 Å². The van der Waals surface area contributed by atoms with E-state index in [9.17, 15) is 14.7 Å². The molecule has 16 heavy (non-hydrogen) atoms. The van der Waals surface area contributed by atoms with Crippen LogP contribution < -0.4 is 5.32 Å². The number of halogens is 1. The van der Waals surface area contributed by atoms with Crippen LogP contribution in [0.25, 0.3) is 0 Å². The number of phenolic OH excluding ortho intramolecular Hbond substituents is 1. The van der Waals surface area contributed by atoms with Gasteiger partial charge < -0.3 is 15.2 Å². The number of nitrogens with one attached hydrogen (secondary N) is 1. The molecule has 0 saturated carbocycles. The number of phenols is 1. The zero-order chi connectivity index (χ0) is 12.3. The van der Waals surface area contributed by atoms with Crippen LogP contribution in [0.5, 0.6) is 5.75 Å². The molecule has 6 heteroatoms. The van der Waals surface area contributed by atoms with Gasteiger partial charge in [0.15, 0.2) is 0 Å². The molecule has 86 valence electrons. The summed E-state index contributed by atoms with van der Waals surface area (Å²) in [6.45, 7) is 0. The Balaban J connectivity index is 3.38. The molecular formula is C10H10ClNO4. The summed E-state index contributed by atoms with van der Waals surface area (Å²) in [7, 11) is 2.57. The first kappa shape index (κ1) is 12.3. The highest BCUT2D eigenvalue weighted by molar-refractivity contribution is 6.34. The van der Waals surface area contributed by atoms with Crippen LogP contribution in [0.15, 0.2) is 12.1 Å². The van der Waals surface area contributed by atoms with Gasteiger partial charge in [-0.1, -0.05) is 11.6 Å². The van der Waals surface area contributed by atoms with Crippen LogP contribution in [-0.4, -0.2) is 31.1 Å². The Bertz CT molecular complexity index is 445. The fourth-order valence-electron chi connectivity index (χ4n) is 1.18. The Kier molecular flexibility index (Phi) is 3.73. The molecule has 1 rings (SSSR count). The lowest BCUT2D eigenvalue weighted by Crippen LogP contribution is -2.19. The molecule has 0 heterocycles. The second-order valence-corrected chi connectivity index (χ2v) is 3.30. The topological polar surface area (TPSA) is 75.6 Å². The quantitative estimate of drug-likeness (QED) is 0.765. The number of ether oxygens (including phenoxy) is 1. The maximum Gasteiger partial charge on any atom is 0.341 e. The molecule has 0 aliphatic carbocycles. The fourth-order valence-corrected chi connectivity index (χ4v) is 1.42. The van der Waals surface area contributed by atoms with E-state index >= 15 is 0 Å². The molecule has 5 nitrogen and oxygen atoms in total. The van der Waals surface area contributed by atoms with E-state index in [4.69, 9.17) is 11.6 Å². The van der Waals surface area contributed by atoms with Crippen molar-refractivity contribution in [3.05, 3.63) is 28.3 Å². The first-order valence-electron chi connectivity index (χ1n) is 4.34. The van der Waals surface area contributed by atoms with Gasteiger partial charge in [-0.25, -0.2) is 4.79 Å². The Morgan fingerprint density at radius 1 is 1.44 bits per heavy atom. The molecule has 0 bridgehead atoms. The van der Waals surface area contributed by atoms with Crippen LogP contribution in [0, 0.1) is 0 Å². The van der Waals surface area contributed by atoms with Crippen molar-refractivity contribution < 1.29 is 19.4 Å². The Hall–Kier alpha value is -1.75. The van der Waals surface area contributed by atoms with Crippen LogP contribution in [0.2, 0.25) is 5.02 Å². The smallest absolute Gasteiger partial charge is 0.341 e. The molecule has 2 N–H and O–H groups in total. The largest absolute Gasteiger partial charge is 0.506 e. The molecule has 1 amide bonds. The van der Waals surface area contributed by atoms with Crippen molar-refractivity contribution in [1.29, 1.82) is 0 Å². The molecule has 0 aromatic heterocycles. The predicted octanol–water partition coefficient (Wildman–Crippen LogP) is 1.19. The van der Waals surface area contributed by atoms with Crippen molar-refractivity contribution in [2.24, 2.45) is 0 Å². The molecule has 0 fully saturated rings. The van der Waals surface area contributed by atoms with Crippen LogP contribution in [-0.2, 0) is 4.74 Å². The number of esters is 1. The summed E-state index contributed by atoms with van der Waals surface area (Å²) in [5.74, 6) is -1.80. The number of benzene rings is 1. The standard InChI is InChI=1S/C10H10ClNO4/c1-12-9(14)7-6(11)4-3-5(8(7)13)10(15)16-2/h3-4,13H,1-2H3,(H,12,14). The summed E-state index contributed by atoms with van der Waals surface area (Å²) >= 11 is 5.75. The van der Waals surface area contributed by atoms with Crippen molar-refractivity contribution in [3.63, 3.8) is 0 Å². The van der Waals surface area contributed by atoms with Gasteiger partial charge >= 0.3 is 5.97 Å². The average Bonchev–Trinajstić information content (AvgIpc) is 2.28. The lowest BCUT2D eigenvalue weighted by molar-refractivity contribution is 0.0597. The number of hydrogen-bond acceptors (Lipinski definition) is 4. The number of carbonyl (C=O) groups excluding carboxylic acids is 2. The first-order chi connectivity index (χ1) is 7.52. The zero-order valence-electron chi connectivity index (χ0n) is 8.70. The molecule has 0 spiro atoms. The molecule has 0 aliphatic rings. The fraction of sp³-hybridized carbons (Fsp3) is 0.200. The van der Waals surface area contributed by atoms with Crippen LogP contribution in [0.1, 0.15) is 20.7 Å². The van der Waals surface area contributed by atoms with E-state index in [0.29, 0.717) is 0 Å². The van der Waals surface area contributed by atoms with Gasteiger partial charge in [-0.3, -0.25) is 4.79 Å². The van der Waals surface area contributed by atoms with E-state index in [-0.39, 0.29) is 16.1 Å². The Morgan fingerprint density at radius 3 is 2.56 bits per heavy atom. The molecule has 1 aromatic rings. The Morgan fingerprint density at radius 2 is 2.06 bits per heavy atom. The maximum absolute atomic E-state index is 11.4. The van der Waals surface area contributed by atoms with Crippen LogP contribution in [0.3, 0.4) is 0 Å². The Labute approximate surface area is 97.0 Å². The molecule has 0 aliphatic heterocycles. The van der Waals surface area contributed by atoms with Crippen molar-refractivity contribution in [3.8, 4) is 5.75 Å². The average molecular weight is 244 g/mol. The second-order valence-electron chi connectivity index (χ2n) is 2.89. The highest BCUT2D eigenvalue weighted by Crippen LogP contribution is 2.29. The summed E-state index contributed by atoms with van der Waals surface area (Å²) in [6.07, 6.45) is 0. The van der Waals surface area contributed by atoms with E-state index in [1.165, 1.54) is 26.3 Å². The SMILES string of the molecule is CNC(=O)c1c(Cl)ccc(C(=O)OC)c1O. The number of rotatable bonds is 2. The molecule has 0 unspecified atom stereocenters. The molecule has 1 aromatic carbocycles. The van der Waals surface area contributed by atoms with Crippen LogP contribution >= 0.6 is 11.6 Å². The van der Waals surface area contributed by atoms with Gasteiger partial charge in [-0.05, 0) is 12.1 Å². The van der Waals surface area contributed by atoms with E-state index in [2.05, 4.69) is 10.1 Å². The van der Waals surface area contributed by atoms with Gasteiger partial charge in [0.25, 0.3) is 5.91 Å². The van der Waals surface area contributed by atoms with E-state index < -0.39 is 17.6 Å². The predicted molar refractivity (Wildman–Crippen MR) is 57.8 cm³/mol. The van der Waals surface area contributed by atoms with Gasteiger partial charge in [0, 0.05) is 7.05 Å². The summed E-state index contributed by atoms with van der Waals surface area (Å²) in [4.78, 5) is 22.7. The lowest BCUT2D eigenvalue weighted by Gasteiger charge is -2.09. The van der Waals surface area contributed by atoms with Crippen molar-refractivity contribution >= 4 is 23.5 Å². The van der Waals surface area contributed by atoms with E-state index in [1.54, 1.807) is 0 Å². The first-order valence-corrected chi connectivity index (χ1v) is 4.72. The summed E-state index contributed by atoms with van der Waals surface area (Å²) in [5.41, 5.74) is -0.252. The summed E-state index contributed by atoms with van der Waals surface area (Å²) in [5, 5.41) is 12.1. The lowest BCUT2D eigenvalue weighted by atomic mass is 10.1. The van der Waals surface area contributed by atoms with Gasteiger partial charge in [-0.15, -0.1) is 0 Å². The second kappa shape index (κ2) is 4.85. The number of hydrogen-bond donors (Lipinski definition) is 2. The molecular weight excluding hydrogens is 234 g/mol. The molecule has 0 radical (unpaired) electrons. The normalized spacial score (nSPS) is 9.69. The third-order valence-electron chi connectivity index (χ3n) is 1.99. The minimum Gasteiger partial charge on any atom is -0.506 e. The van der Waals surface area contributed by atoms with E-state index in [1.807, 2.05) is 0 Å². The minimum absolute atomic E-state index is 0.0597. The zero-order valence-corrected chi connectivity index (χ0v) is 9.46. The summed E-state index contributed by atoms with van der Waals surface area (Å²) in [6, 6.07) is 2.63. The van der Waals surface area contributed by atoms with Crippen LogP contribution in [0.4, 0.5) is 0 Å². The highest BCUT2D eigenvalue weighted by Gasteiger charge is 2.21. The number of methoxy groups -OCH3 is 1. The van der Waals surface area contributed by atoms with Gasteiger partial charge in [0.05, 0.1) is 12.1 Å². The highest BCUT2D eigenvalue weighted by atomic mass is 35.5. The third kappa shape index (κ3) is 2.09. The van der Waals surface area contributed by atoms with E-state index in [0.717, 1.165) is 0 Å². The molecule has 0 atom stereocenters. The number of amides is 1. The van der Waals surface area contributed by atoms with Crippen molar-refractivity contribution in [1.82, 2.24) is 5.32 Å². The number of aromatic hydroxyl groups is 1. The number of carbonyl (C=O) groups is 2. The minimum atomic E-state index is -0.737. The van der Waals surface area contributed by atoms with Gasteiger partial charge in [-0.2, -0.15) is 0 Å². The third-order valence-corrected chi connectivity index (χ3v) is 2.30. The monoisotopic (exact) mass is 243 g/mol. The van der Waals surface area contributed by atoms with Gasteiger partial charge in [0.1, 0.15) is 16.9 Å². The molecule has 0 saturated heterocycles.